The van der Waals surface area contributed by atoms with Crippen molar-refractivity contribution < 1.29 is 4.74 Å². The van der Waals surface area contributed by atoms with Gasteiger partial charge in [-0.2, -0.15) is 0 Å². The van der Waals surface area contributed by atoms with Gasteiger partial charge in [-0.15, -0.1) is 0 Å². The number of nitrogens with two attached hydrogens (primary N) is 1. The molecule has 1 aliphatic heterocycles. The molecular formula is C7H7NOS. The molecule has 0 aromatic carbocycles. The van der Waals surface area contributed by atoms with Crippen LogP contribution in [0.5, 0.6) is 0 Å². The lowest BCUT2D eigenvalue weighted by Crippen LogP contribution is -2.11. The molecule has 0 bridgehead atoms. The first-order valence-corrected chi connectivity index (χ1v) is 3.21. The summed E-state index contributed by atoms with van der Waals surface area (Å²) in [6.07, 6.45) is 8.68. The van der Waals surface area contributed by atoms with Crippen LogP contribution < -0.4 is 5.73 Å². The van der Waals surface area contributed by atoms with Gasteiger partial charge >= 0.3 is 0 Å². The second-order valence-electron chi connectivity index (χ2n) is 1.73. The predicted octanol–water partition coefficient (Wildman–Crippen LogP) is 1.26. The van der Waals surface area contributed by atoms with Gasteiger partial charge in [0.2, 0.25) is 0 Å². The van der Waals surface area contributed by atoms with Gasteiger partial charge in [-0.3, -0.25) is 0 Å². The topological polar surface area (TPSA) is 35.2 Å². The summed E-state index contributed by atoms with van der Waals surface area (Å²) in [5, 5.41) is 0. The van der Waals surface area contributed by atoms with Crippen LogP contribution in [0.1, 0.15) is 0 Å². The Bertz CT molecular complexity index is 228. The van der Waals surface area contributed by atoms with Crippen LogP contribution in [-0.4, -0.2) is 4.99 Å². The molecule has 10 heavy (non-hydrogen) atoms. The highest BCUT2D eigenvalue weighted by molar-refractivity contribution is 7.80. The summed E-state index contributed by atoms with van der Waals surface area (Å²) in [6, 6.07) is 0. The van der Waals surface area contributed by atoms with Crippen molar-refractivity contribution in [2.45, 2.75) is 0 Å². The second kappa shape index (κ2) is 3.17. The molecule has 2 N–H and O–H groups in total. The molecule has 0 aromatic rings. The van der Waals surface area contributed by atoms with E-state index in [9.17, 15) is 0 Å². The molecule has 0 aromatic heterocycles. The van der Waals surface area contributed by atoms with Crippen molar-refractivity contribution in [3.8, 4) is 0 Å². The Kier molecular flexibility index (Phi) is 2.23. The molecule has 2 nitrogen and oxygen atoms in total. The van der Waals surface area contributed by atoms with E-state index in [-0.39, 0.29) is 4.99 Å². The zero-order valence-corrected chi connectivity index (χ0v) is 6.10. The van der Waals surface area contributed by atoms with Crippen molar-refractivity contribution in [2.75, 3.05) is 0 Å². The summed E-state index contributed by atoms with van der Waals surface area (Å²) >= 11 is 4.69. The fourth-order valence-electron chi connectivity index (χ4n) is 0.545. The Balaban J connectivity index is 2.78. The molecule has 0 amide bonds. The van der Waals surface area contributed by atoms with Gasteiger partial charge in [-0.25, -0.2) is 0 Å². The molecule has 0 atom stereocenters. The van der Waals surface area contributed by atoms with Gasteiger partial charge in [0.15, 0.2) is 5.76 Å². The third kappa shape index (κ3) is 1.70. The molecule has 0 spiro atoms. The quantitative estimate of drug-likeness (QED) is 0.576. The second-order valence-corrected chi connectivity index (χ2v) is 2.17. The van der Waals surface area contributed by atoms with E-state index in [0.29, 0.717) is 5.76 Å². The normalized spacial score (nSPS) is 15.4. The molecule has 1 heterocycles. The lowest BCUT2D eigenvalue weighted by Gasteiger charge is -1.99. The van der Waals surface area contributed by atoms with Crippen LogP contribution in [0.2, 0.25) is 0 Å². The van der Waals surface area contributed by atoms with E-state index in [1.807, 2.05) is 12.2 Å². The Morgan fingerprint density at radius 3 is 2.90 bits per heavy atom. The Labute approximate surface area is 64.7 Å². The number of allylic oxidation sites excluding steroid dienone is 4. The monoisotopic (exact) mass is 153 g/mol. The maximum Gasteiger partial charge on any atom is 0.160 e. The molecule has 0 fully saturated rings. The van der Waals surface area contributed by atoms with E-state index in [1.165, 1.54) is 6.26 Å². The van der Waals surface area contributed by atoms with Gasteiger partial charge in [0.25, 0.3) is 0 Å². The maximum atomic E-state index is 5.31. The molecule has 3 heteroatoms. The highest BCUT2D eigenvalue weighted by Crippen LogP contribution is 2.02. The van der Waals surface area contributed by atoms with Gasteiger partial charge < -0.3 is 10.5 Å². The minimum Gasteiger partial charge on any atom is -0.462 e. The van der Waals surface area contributed by atoms with Crippen LogP contribution in [-0.2, 0) is 4.74 Å². The highest BCUT2D eigenvalue weighted by Gasteiger charge is 1.98. The third-order valence-corrected chi connectivity index (χ3v) is 1.19. The summed E-state index contributed by atoms with van der Waals surface area (Å²) in [6.45, 7) is 0. The van der Waals surface area contributed by atoms with Gasteiger partial charge in [0.1, 0.15) is 4.99 Å². The van der Waals surface area contributed by atoms with Crippen LogP contribution in [0.25, 0.3) is 0 Å². The van der Waals surface area contributed by atoms with Crippen LogP contribution in [0.4, 0.5) is 0 Å². The highest BCUT2D eigenvalue weighted by atomic mass is 32.1. The Hall–Kier alpha value is -1.09. The van der Waals surface area contributed by atoms with E-state index in [1.54, 1.807) is 12.2 Å². The van der Waals surface area contributed by atoms with E-state index in [0.717, 1.165) is 0 Å². The third-order valence-electron chi connectivity index (χ3n) is 0.986. The number of ether oxygens (including phenoxy) is 1. The minimum absolute atomic E-state index is 0.274. The molecule has 1 aliphatic rings. The molecule has 0 radical (unpaired) electrons. The van der Waals surface area contributed by atoms with Crippen LogP contribution in [0.15, 0.2) is 36.3 Å². The SMILES string of the molecule is NC(=S)C1=CC=CC=CO1. The first kappa shape index (κ1) is 7.02. The van der Waals surface area contributed by atoms with Gasteiger partial charge in [0.05, 0.1) is 6.26 Å². The molecular weight excluding hydrogens is 146 g/mol. The van der Waals surface area contributed by atoms with Crippen molar-refractivity contribution in [1.29, 1.82) is 0 Å². The molecule has 52 valence electrons. The summed E-state index contributed by atoms with van der Waals surface area (Å²) in [7, 11) is 0. The van der Waals surface area contributed by atoms with Crippen molar-refractivity contribution >= 4 is 17.2 Å². The average Bonchev–Trinajstić information content (AvgIpc) is 2.12. The Morgan fingerprint density at radius 2 is 2.20 bits per heavy atom. The fourth-order valence-corrected chi connectivity index (χ4v) is 0.661. The fraction of sp³-hybridized carbons (Fsp3) is 0. The van der Waals surface area contributed by atoms with Crippen LogP contribution in [0.3, 0.4) is 0 Å². The number of hydrogen-bond acceptors (Lipinski definition) is 2. The average molecular weight is 153 g/mol. The van der Waals surface area contributed by atoms with Gasteiger partial charge in [-0.1, -0.05) is 24.4 Å². The van der Waals surface area contributed by atoms with E-state index < -0.39 is 0 Å². The van der Waals surface area contributed by atoms with E-state index in [2.05, 4.69) is 0 Å². The van der Waals surface area contributed by atoms with Gasteiger partial charge in [0, 0.05) is 0 Å². The molecule has 0 unspecified atom stereocenters. The maximum absolute atomic E-state index is 5.31. The van der Waals surface area contributed by atoms with Crippen LogP contribution in [0, 0.1) is 0 Å². The first-order valence-electron chi connectivity index (χ1n) is 2.80. The van der Waals surface area contributed by atoms with Crippen molar-refractivity contribution in [3.05, 3.63) is 36.3 Å². The zero-order valence-electron chi connectivity index (χ0n) is 5.28. The number of thiocarbonyl (C=S) groups is 1. The van der Waals surface area contributed by atoms with Crippen LogP contribution >= 0.6 is 12.2 Å². The molecule has 0 aliphatic carbocycles. The van der Waals surface area contributed by atoms with Gasteiger partial charge in [-0.05, 0) is 12.2 Å². The van der Waals surface area contributed by atoms with Crippen molar-refractivity contribution in [1.82, 2.24) is 0 Å². The lowest BCUT2D eigenvalue weighted by molar-refractivity contribution is 0.379. The minimum atomic E-state index is 0.274. The zero-order chi connectivity index (χ0) is 7.40. The van der Waals surface area contributed by atoms with E-state index in [4.69, 9.17) is 22.7 Å². The molecule has 0 saturated carbocycles. The van der Waals surface area contributed by atoms with Crippen molar-refractivity contribution in [3.63, 3.8) is 0 Å². The first-order chi connectivity index (χ1) is 4.80. The smallest absolute Gasteiger partial charge is 0.160 e. The van der Waals surface area contributed by atoms with Crippen molar-refractivity contribution in [2.24, 2.45) is 5.73 Å². The molecule has 1 rings (SSSR count). The summed E-state index contributed by atoms with van der Waals surface area (Å²) in [5.41, 5.74) is 5.31. The number of hydrogen-bond donors (Lipinski definition) is 1. The molecule has 0 saturated heterocycles. The standard InChI is InChI=1S/C7H7NOS/c8-7(10)6-4-2-1-3-5-9-6/h1-5H,(H2,8,10). The summed E-state index contributed by atoms with van der Waals surface area (Å²) < 4.78 is 5.02. The summed E-state index contributed by atoms with van der Waals surface area (Å²) in [5.74, 6) is 0.528. The summed E-state index contributed by atoms with van der Waals surface area (Å²) in [4.78, 5) is 0.274. The largest absolute Gasteiger partial charge is 0.462 e. The van der Waals surface area contributed by atoms with E-state index >= 15 is 0 Å². The number of rotatable bonds is 1. The Morgan fingerprint density at radius 1 is 1.40 bits per heavy atom. The predicted molar refractivity (Wildman–Crippen MR) is 44.2 cm³/mol. The lowest BCUT2D eigenvalue weighted by atomic mass is 10.4.